The average Bonchev–Trinajstić information content (AvgIpc) is 3.00. The molecule has 0 radical (unpaired) electrons. The van der Waals surface area contributed by atoms with Gasteiger partial charge in [0.25, 0.3) is 5.91 Å². The van der Waals surface area contributed by atoms with Gasteiger partial charge in [0, 0.05) is 45.8 Å². The number of benzene rings is 1. The zero-order valence-electron chi connectivity index (χ0n) is 19.0. The van der Waals surface area contributed by atoms with Crippen LogP contribution in [-0.4, -0.2) is 72.5 Å². The zero-order valence-corrected chi connectivity index (χ0v) is 19.0. The van der Waals surface area contributed by atoms with E-state index in [1.54, 1.807) is 14.0 Å². The third-order valence-corrected chi connectivity index (χ3v) is 6.30. The van der Waals surface area contributed by atoms with Crippen molar-refractivity contribution in [3.8, 4) is 0 Å². The lowest BCUT2D eigenvalue weighted by molar-refractivity contribution is -0.130. The Morgan fingerprint density at radius 2 is 1.94 bits per heavy atom. The van der Waals surface area contributed by atoms with Crippen molar-refractivity contribution in [2.75, 3.05) is 33.2 Å². The number of rotatable bonds is 8. The molecule has 0 aromatic heterocycles. The molecule has 0 spiro atoms. The number of imide groups is 1. The molecular formula is C23H36N6O2. The number of piperidine rings is 1. The number of carbonyl (C=O) groups excluding carboxylic acids is 2. The first-order valence-electron chi connectivity index (χ1n) is 11.3. The minimum Gasteiger partial charge on any atom is -0.356 e. The molecule has 0 bridgehead atoms. The number of hydrogen-bond donors (Lipinski definition) is 3. The fourth-order valence-corrected chi connectivity index (χ4v) is 4.10. The van der Waals surface area contributed by atoms with Crippen LogP contribution in [-0.2, 0) is 11.3 Å². The fourth-order valence-electron chi connectivity index (χ4n) is 4.10. The summed E-state index contributed by atoms with van der Waals surface area (Å²) in [6, 6.07) is 10.7. The van der Waals surface area contributed by atoms with Crippen molar-refractivity contribution in [3.05, 3.63) is 35.9 Å². The number of nitrogens with one attached hydrogen (secondary N) is 3. The van der Waals surface area contributed by atoms with Crippen LogP contribution in [0.15, 0.2) is 35.3 Å². The van der Waals surface area contributed by atoms with E-state index in [9.17, 15) is 9.59 Å². The van der Waals surface area contributed by atoms with Crippen molar-refractivity contribution in [1.82, 2.24) is 25.8 Å². The smallest absolute Gasteiger partial charge is 0.325 e. The molecule has 2 saturated heterocycles. The van der Waals surface area contributed by atoms with Crippen LogP contribution >= 0.6 is 0 Å². The molecule has 2 aliphatic rings. The van der Waals surface area contributed by atoms with Gasteiger partial charge in [0.1, 0.15) is 5.54 Å². The number of amides is 3. The average molecular weight is 429 g/mol. The number of hydrogen-bond acceptors (Lipinski definition) is 4. The largest absolute Gasteiger partial charge is 0.356 e. The van der Waals surface area contributed by atoms with E-state index >= 15 is 0 Å². The van der Waals surface area contributed by atoms with Gasteiger partial charge < -0.3 is 16.0 Å². The van der Waals surface area contributed by atoms with Crippen LogP contribution in [0.25, 0.3) is 0 Å². The summed E-state index contributed by atoms with van der Waals surface area (Å²) in [5, 5.41) is 9.61. The molecule has 170 valence electrons. The van der Waals surface area contributed by atoms with Crippen LogP contribution in [0.3, 0.4) is 0 Å². The Kier molecular flexibility index (Phi) is 7.90. The lowest BCUT2D eigenvalue weighted by Gasteiger charge is -2.33. The fraction of sp³-hybridized carbons (Fsp3) is 0.609. The van der Waals surface area contributed by atoms with E-state index in [1.165, 1.54) is 10.5 Å². The van der Waals surface area contributed by atoms with E-state index in [-0.39, 0.29) is 11.9 Å². The van der Waals surface area contributed by atoms with Gasteiger partial charge >= 0.3 is 6.03 Å². The SMILES string of the molecule is CCC1(C)NC(=O)N(CCCNC(=NC)NC2CCN(Cc3ccccc3)CC2)C1=O. The molecule has 2 fully saturated rings. The molecule has 1 aromatic rings. The van der Waals surface area contributed by atoms with Crippen molar-refractivity contribution in [2.45, 2.75) is 57.7 Å². The number of guanidine groups is 1. The number of likely N-dealkylation sites (tertiary alicyclic amines) is 1. The van der Waals surface area contributed by atoms with Gasteiger partial charge in [0.2, 0.25) is 0 Å². The molecule has 2 aliphatic heterocycles. The summed E-state index contributed by atoms with van der Waals surface area (Å²) in [7, 11) is 1.77. The maximum atomic E-state index is 12.4. The highest BCUT2D eigenvalue weighted by molar-refractivity contribution is 6.06. The Morgan fingerprint density at radius 3 is 2.55 bits per heavy atom. The highest BCUT2D eigenvalue weighted by atomic mass is 16.2. The van der Waals surface area contributed by atoms with Gasteiger partial charge in [0.15, 0.2) is 5.96 Å². The predicted molar refractivity (Wildman–Crippen MR) is 123 cm³/mol. The summed E-state index contributed by atoms with van der Waals surface area (Å²) in [4.78, 5) is 32.7. The molecule has 3 rings (SSSR count). The Morgan fingerprint density at radius 1 is 1.23 bits per heavy atom. The minimum absolute atomic E-state index is 0.134. The van der Waals surface area contributed by atoms with Crippen molar-refractivity contribution in [1.29, 1.82) is 0 Å². The standard InChI is InChI=1S/C23H36N6O2/c1-4-23(2)20(30)29(22(31)27-23)14-8-13-25-21(24-3)26-19-11-15-28(16-12-19)17-18-9-6-5-7-10-18/h5-7,9-10,19H,4,8,11-17H2,1-3H3,(H,27,31)(H2,24,25,26). The molecule has 3 amide bonds. The van der Waals surface area contributed by atoms with Crippen molar-refractivity contribution >= 4 is 17.9 Å². The molecule has 1 unspecified atom stereocenters. The van der Waals surface area contributed by atoms with Gasteiger partial charge in [-0.15, -0.1) is 0 Å². The molecule has 2 heterocycles. The van der Waals surface area contributed by atoms with Gasteiger partial charge in [-0.25, -0.2) is 4.79 Å². The molecule has 8 heteroatoms. The van der Waals surface area contributed by atoms with Crippen LogP contribution in [0.4, 0.5) is 4.79 Å². The lowest BCUT2D eigenvalue weighted by atomic mass is 9.99. The van der Waals surface area contributed by atoms with Crippen LogP contribution < -0.4 is 16.0 Å². The Hall–Kier alpha value is -2.61. The first kappa shape index (κ1) is 23.1. The van der Waals surface area contributed by atoms with E-state index < -0.39 is 5.54 Å². The number of urea groups is 1. The third kappa shape index (κ3) is 5.97. The quantitative estimate of drug-likeness (QED) is 0.255. The summed E-state index contributed by atoms with van der Waals surface area (Å²) >= 11 is 0. The number of aliphatic imine (C=N–C) groups is 1. The van der Waals surface area contributed by atoms with Gasteiger partial charge in [-0.1, -0.05) is 37.3 Å². The highest BCUT2D eigenvalue weighted by Crippen LogP contribution is 2.20. The summed E-state index contributed by atoms with van der Waals surface area (Å²) in [6.45, 7) is 7.86. The van der Waals surface area contributed by atoms with Gasteiger partial charge in [-0.3, -0.25) is 19.6 Å². The second-order valence-electron chi connectivity index (χ2n) is 8.61. The molecule has 8 nitrogen and oxygen atoms in total. The second kappa shape index (κ2) is 10.6. The maximum Gasteiger partial charge on any atom is 0.325 e. The number of nitrogens with zero attached hydrogens (tertiary/aromatic N) is 3. The van der Waals surface area contributed by atoms with Crippen LogP contribution in [0.1, 0.15) is 45.1 Å². The summed E-state index contributed by atoms with van der Waals surface area (Å²) in [5.74, 6) is 0.641. The topological polar surface area (TPSA) is 89.1 Å². The van der Waals surface area contributed by atoms with Gasteiger partial charge in [-0.2, -0.15) is 0 Å². The van der Waals surface area contributed by atoms with E-state index in [1.807, 2.05) is 6.92 Å². The van der Waals surface area contributed by atoms with E-state index in [0.717, 1.165) is 38.4 Å². The highest BCUT2D eigenvalue weighted by Gasteiger charge is 2.45. The third-order valence-electron chi connectivity index (χ3n) is 6.30. The second-order valence-corrected chi connectivity index (χ2v) is 8.61. The van der Waals surface area contributed by atoms with E-state index in [2.05, 4.69) is 56.2 Å². The molecule has 3 N–H and O–H groups in total. The van der Waals surface area contributed by atoms with E-state index in [0.29, 0.717) is 32.0 Å². The Labute approximate surface area is 185 Å². The number of carbonyl (C=O) groups is 2. The van der Waals surface area contributed by atoms with Crippen molar-refractivity contribution in [3.63, 3.8) is 0 Å². The van der Waals surface area contributed by atoms with Gasteiger partial charge in [-0.05, 0) is 38.2 Å². The van der Waals surface area contributed by atoms with Crippen LogP contribution in [0, 0.1) is 0 Å². The van der Waals surface area contributed by atoms with Gasteiger partial charge in [0.05, 0.1) is 0 Å². The molecule has 0 saturated carbocycles. The normalized spacial score (nSPS) is 23.2. The first-order valence-corrected chi connectivity index (χ1v) is 11.3. The molecule has 0 aliphatic carbocycles. The summed E-state index contributed by atoms with van der Waals surface area (Å²) in [5.41, 5.74) is 0.591. The molecular weight excluding hydrogens is 392 g/mol. The minimum atomic E-state index is -0.766. The predicted octanol–water partition coefficient (Wildman–Crippen LogP) is 1.93. The molecule has 31 heavy (non-hydrogen) atoms. The summed E-state index contributed by atoms with van der Waals surface area (Å²) in [6.07, 6.45) is 3.42. The Bertz CT molecular complexity index is 776. The first-order chi connectivity index (χ1) is 14.9. The molecule has 1 atom stereocenters. The summed E-state index contributed by atoms with van der Waals surface area (Å²) < 4.78 is 0. The monoisotopic (exact) mass is 428 g/mol. The van der Waals surface area contributed by atoms with E-state index in [4.69, 9.17) is 0 Å². The zero-order chi connectivity index (χ0) is 22.3. The maximum absolute atomic E-state index is 12.4. The Balaban J connectivity index is 1.35. The van der Waals surface area contributed by atoms with Crippen molar-refractivity contribution in [2.24, 2.45) is 4.99 Å². The van der Waals surface area contributed by atoms with Crippen LogP contribution in [0.5, 0.6) is 0 Å². The van der Waals surface area contributed by atoms with Crippen LogP contribution in [0.2, 0.25) is 0 Å². The van der Waals surface area contributed by atoms with Crippen molar-refractivity contribution < 1.29 is 9.59 Å². The lowest BCUT2D eigenvalue weighted by Crippen LogP contribution is -2.49. The molecule has 1 aromatic carbocycles.